The second kappa shape index (κ2) is 7.96. The van der Waals surface area contributed by atoms with E-state index < -0.39 is 0 Å². The van der Waals surface area contributed by atoms with Crippen molar-refractivity contribution >= 4 is 11.7 Å². The van der Waals surface area contributed by atoms with Crippen LogP contribution in [0.25, 0.3) is 0 Å². The first-order valence-electron chi connectivity index (χ1n) is 8.70. The number of amides is 2. The van der Waals surface area contributed by atoms with Crippen molar-refractivity contribution in [3.05, 3.63) is 29.8 Å². The third-order valence-electron chi connectivity index (χ3n) is 4.49. The number of rotatable bonds is 4. The van der Waals surface area contributed by atoms with Crippen LogP contribution >= 0.6 is 0 Å². The minimum absolute atomic E-state index is 0.0397. The second-order valence-corrected chi connectivity index (χ2v) is 6.70. The van der Waals surface area contributed by atoms with Gasteiger partial charge in [-0.2, -0.15) is 0 Å². The van der Waals surface area contributed by atoms with E-state index in [2.05, 4.69) is 10.2 Å². The zero-order chi connectivity index (χ0) is 16.9. The fourth-order valence-electron chi connectivity index (χ4n) is 3.14. The summed E-state index contributed by atoms with van der Waals surface area (Å²) in [5.74, 6) is 0. The van der Waals surface area contributed by atoms with Crippen molar-refractivity contribution < 1.29 is 14.3 Å². The molecule has 132 valence electrons. The summed E-state index contributed by atoms with van der Waals surface area (Å²) in [4.78, 5) is 16.8. The van der Waals surface area contributed by atoms with Crippen molar-refractivity contribution in [2.75, 3.05) is 44.7 Å². The van der Waals surface area contributed by atoms with Gasteiger partial charge >= 0.3 is 6.03 Å². The molecular weight excluding hydrogens is 306 g/mol. The Morgan fingerprint density at radius 3 is 3.08 bits per heavy atom. The molecule has 2 saturated heterocycles. The van der Waals surface area contributed by atoms with Gasteiger partial charge in [-0.1, -0.05) is 12.1 Å². The Bertz CT molecular complexity index is 564. The summed E-state index contributed by atoms with van der Waals surface area (Å²) in [6.07, 6.45) is 0.192. The molecule has 0 saturated carbocycles. The maximum absolute atomic E-state index is 12.5. The average Bonchev–Trinajstić information content (AvgIpc) is 2.60. The lowest BCUT2D eigenvalue weighted by molar-refractivity contribution is -0.0355. The zero-order valence-electron chi connectivity index (χ0n) is 14.5. The molecule has 3 rings (SSSR count). The van der Waals surface area contributed by atoms with E-state index in [1.54, 1.807) is 0 Å². The van der Waals surface area contributed by atoms with Crippen LogP contribution in [0.4, 0.5) is 10.5 Å². The molecule has 1 atom stereocenters. The molecular formula is C18H27N3O3. The van der Waals surface area contributed by atoms with Crippen LogP contribution in [0.2, 0.25) is 0 Å². The molecule has 6 heteroatoms. The van der Waals surface area contributed by atoms with E-state index in [9.17, 15) is 4.79 Å². The lowest BCUT2D eigenvalue weighted by Crippen LogP contribution is -2.59. The summed E-state index contributed by atoms with van der Waals surface area (Å²) in [7, 11) is 0. The molecule has 0 aliphatic carbocycles. The predicted octanol–water partition coefficient (Wildman–Crippen LogP) is 2.16. The number of hydrogen-bond acceptors (Lipinski definition) is 4. The highest BCUT2D eigenvalue weighted by Crippen LogP contribution is 2.17. The van der Waals surface area contributed by atoms with Gasteiger partial charge in [0.15, 0.2) is 0 Å². The molecule has 0 bridgehead atoms. The molecule has 1 N–H and O–H groups in total. The molecule has 0 spiro atoms. The highest BCUT2D eigenvalue weighted by Gasteiger charge is 2.31. The van der Waals surface area contributed by atoms with Gasteiger partial charge < -0.3 is 19.7 Å². The van der Waals surface area contributed by atoms with E-state index in [0.717, 1.165) is 44.0 Å². The van der Waals surface area contributed by atoms with Gasteiger partial charge in [0.1, 0.15) is 0 Å². The fourth-order valence-corrected chi connectivity index (χ4v) is 3.14. The highest BCUT2D eigenvalue weighted by molar-refractivity contribution is 5.89. The monoisotopic (exact) mass is 333 g/mol. The maximum atomic E-state index is 12.5. The molecule has 2 fully saturated rings. The van der Waals surface area contributed by atoms with E-state index in [1.807, 2.05) is 43.0 Å². The number of urea groups is 1. The Balaban J connectivity index is 1.55. The van der Waals surface area contributed by atoms with Gasteiger partial charge in [-0.3, -0.25) is 4.90 Å². The second-order valence-electron chi connectivity index (χ2n) is 6.70. The zero-order valence-corrected chi connectivity index (χ0v) is 14.5. The van der Waals surface area contributed by atoms with E-state index in [0.29, 0.717) is 19.3 Å². The number of hydrogen-bond donors (Lipinski definition) is 1. The number of carbonyl (C=O) groups excluding carboxylic acids is 1. The minimum atomic E-state index is -0.0397. The van der Waals surface area contributed by atoms with E-state index >= 15 is 0 Å². The smallest absolute Gasteiger partial charge is 0.321 e. The van der Waals surface area contributed by atoms with E-state index in [4.69, 9.17) is 9.47 Å². The van der Waals surface area contributed by atoms with Crippen molar-refractivity contribution in [2.45, 2.75) is 32.6 Å². The third kappa shape index (κ3) is 4.47. The normalized spacial score (nSPS) is 21.6. The maximum Gasteiger partial charge on any atom is 0.321 e. The van der Waals surface area contributed by atoms with Crippen LogP contribution in [-0.2, 0) is 16.1 Å². The molecule has 2 aliphatic rings. The summed E-state index contributed by atoms with van der Waals surface area (Å²) >= 11 is 0. The fraction of sp³-hybridized carbons (Fsp3) is 0.611. The molecule has 6 nitrogen and oxygen atoms in total. The lowest BCUT2D eigenvalue weighted by atomic mass is 10.1. The number of nitrogens with one attached hydrogen (secondary N) is 1. The quantitative estimate of drug-likeness (QED) is 0.917. The van der Waals surface area contributed by atoms with Gasteiger partial charge in [0.05, 0.1) is 32.0 Å². The van der Waals surface area contributed by atoms with Gasteiger partial charge in [0, 0.05) is 31.9 Å². The summed E-state index contributed by atoms with van der Waals surface area (Å²) in [6.45, 7) is 9.47. The minimum Gasteiger partial charge on any atom is -0.378 e. The molecule has 0 aromatic heterocycles. The molecule has 1 aromatic carbocycles. The Labute approximate surface area is 143 Å². The predicted molar refractivity (Wildman–Crippen MR) is 93.1 cm³/mol. The van der Waals surface area contributed by atoms with Gasteiger partial charge in [-0.25, -0.2) is 4.79 Å². The first-order chi connectivity index (χ1) is 11.6. The van der Waals surface area contributed by atoms with E-state index in [1.165, 1.54) is 0 Å². The van der Waals surface area contributed by atoms with E-state index in [-0.39, 0.29) is 12.1 Å². The average molecular weight is 333 g/mol. The molecule has 24 heavy (non-hydrogen) atoms. The number of ether oxygens (including phenoxy) is 2. The van der Waals surface area contributed by atoms with Crippen LogP contribution in [0, 0.1) is 0 Å². The van der Waals surface area contributed by atoms with Crippen molar-refractivity contribution in [2.24, 2.45) is 0 Å². The summed E-state index contributed by atoms with van der Waals surface area (Å²) in [5, 5.41) is 3.01. The molecule has 2 aliphatic heterocycles. The molecule has 0 radical (unpaired) electrons. The van der Waals surface area contributed by atoms with Crippen LogP contribution in [0.15, 0.2) is 24.3 Å². The van der Waals surface area contributed by atoms with Crippen LogP contribution in [-0.4, -0.2) is 67.4 Å². The van der Waals surface area contributed by atoms with Crippen molar-refractivity contribution in [3.8, 4) is 0 Å². The number of anilines is 1. The number of nitrogens with zero attached hydrogens (tertiary/aromatic N) is 2. The third-order valence-corrected chi connectivity index (χ3v) is 4.49. The lowest BCUT2D eigenvalue weighted by Gasteiger charge is -2.43. The molecule has 2 amide bonds. The Morgan fingerprint density at radius 1 is 1.38 bits per heavy atom. The van der Waals surface area contributed by atoms with Crippen LogP contribution in [0.5, 0.6) is 0 Å². The van der Waals surface area contributed by atoms with Crippen molar-refractivity contribution in [3.63, 3.8) is 0 Å². The number of piperazine rings is 1. The van der Waals surface area contributed by atoms with Crippen molar-refractivity contribution in [1.29, 1.82) is 0 Å². The van der Waals surface area contributed by atoms with Crippen LogP contribution in [0.3, 0.4) is 0 Å². The van der Waals surface area contributed by atoms with Crippen LogP contribution < -0.4 is 5.32 Å². The number of benzene rings is 1. The molecule has 1 unspecified atom stereocenters. The number of fused-ring (bicyclic) bond motifs is 1. The first-order valence-corrected chi connectivity index (χ1v) is 8.70. The number of carbonyl (C=O) groups is 1. The number of morpholine rings is 1. The van der Waals surface area contributed by atoms with Gasteiger partial charge in [-0.05, 0) is 31.5 Å². The summed E-state index contributed by atoms with van der Waals surface area (Å²) < 4.78 is 11.2. The van der Waals surface area contributed by atoms with Gasteiger partial charge in [0.2, 0.25) is 0 Å². The SMILES string of the molecule is CC(C)OCc1cccc(NC(=O)N2CCN3CCOCC3C2)c1. The molecule has 2 heterocycles. The Kier molecular flexibility index (Phi) is 5.71. The Hall–Kier alpha value is -1.63. The summed E-state index contributed by atoms with van der Waals surface area (Å²) in [6, 6.07) is 8.13. The highest BCUT2D eigenvalue weighted by atomic mass is 16.5. The first kappa shape index (κ1) is 17.2. The Morgan fingerprint density at radius 2 is 2.25 bits per heavy atom. The largest absolute Gasteiger partial charge is 0.378 e. The topological polar surface area (TPSA) is 54.0 Å². The van der Waals surface area contributed by atoms with Gasteiger partial charge in [-0.15, -0.1) is 0 Å². The molecule has 1 aromatic rings. The van der Waals surface area contributed by atoms with Gasteiger partial charge in [0.25, 0.3) is 0 Å². The standard InChI is InChI=1S/C18H27N3O3/c1-14(2)24-12-15-4-3-5-16(10-15)19-18(22)21-7-6-20-8-9-23-13-17(20)11-21/h3-5,10,14,17H,6-9,11-13H2,1-2H3,(H,19,22). The van der Waals surface area contributed by atoms with Crippen molar-refractivity contribution in [1.82, 2.24) is 9.80 Å². The van der Waals surface area contributed by atoms with Crippen LogP contribution in [0.1, 0.15) is 19.4 Å². The summed E-state index contributed by atoms with van der Waals surface area (Å²) in [5.41, 5.74) is 1.87.